The van der Waals surface area contributed by atoms with Crippen molar-refractivity contribution in [2.45, 2.75) is 11.8 Å². The summed E-state index contributed by atoms with van der Waals surface area (Å²) in [7, 11) is -3.88. The van der Waals surface area contributed by atoms with Crippen LogP contribution in [-0.4, -0.2) is 20.1 Å². The summed E-state index contributed by atoms with van der Waals surface area (Å²) in [6, 6.07) is 9.14. The number of aromatic hydroxyl groups is 1. The summed E-state index contributed by atoms with van der Waals surface area (Å²) in [4.78, 5) is -0.105. The van der Waals surface area contributed by atoms with Gasteiger partial charge in [-0.1, -0.05) is 6.07 Å². The Balaban J connectivity index is 2.51. The van der Waals surface area contributed by atoms with Gasteiger partial charge in [-0.15, -0.1) is 0 Å². The number of nitrogen functional groups attached to an aromatic ring is 1. The van der Waals surface area contributed by atoms with Crippen LogP contribution >= 0.6 is 0 Å². The van der Waals surface area contributed by atoms with Gasteiger partial charge < -0.3 is 10.8 Å². The van der Waals surface area contributed by atoms with Gasteiger partial charge in [0.2, 0.25) is 0 Å². The van der Waals surface area contributed by atoms with Gasteiger partial charge in [-0.25, -0.2) is 12.8 Å². The molecule has 0 aliphatic rings. The van der Waals surface area contributed by atoms with E-state index >= 15 is 0 Å². The molecule has 2 rings (SSSR count). The average molecular weight is 310 g/mol. The van der Waals surface area contributed by atoms with E-state index in [1.54, 1.807) is 19.1 Å². The maximum atomic E-state index is 13.2. The van der Waals surface area contributed by atoms with Gasteiger partial charge in [0.15, 0.2) is 0 Å². The second kappa shape index (κ2) is 5.61. The fourth-order valence-electron chi connectivity index (χ4n) is 1.95. The smallest absolute Gasteiger partial charge is 0.264 e. The quantitative estimate of drug-likeness (QED) is 0.849. The summed E-state index contributed by atoms with van der Waals surface area (Å²) in [6.45, 7) is 1.82. The van der Waals surface area contributed by atoms with Crippen LogP contribution in [0.4, 0.5) is 15.8 Å². The summed E-state index contributed by atoms with van der Waals surface area (Å²) in [6.07, 6.45) is 0. The third-order valence-electron chi connectivity index (χ3n) is 2.96. The van der Waals surface area contributed by atoms with E-state index in [1.807, 2.05) is 0 Å². The number of hydrogen-bond acceptors (Lipinski definition) is 4. The van der Waals surface area contributed by atoms with Gasteiger partial charge in [0.25, 0.3) is 10.0 Å². The molecule has 0 amide bonds. The highest BCUT2D eigenvalue weighted by molar-refractivity contribution is 7.92. The molecule has 0 atom stereocenters. The van der Waals surface area contributed by atoms with E-state index in [0.29, 0.717) is 5.69 Å². The van der Waals surface area contributed by atoms with Crippen molar-refractivity contribution in [1.82, 2.24) is 0 Å². The van der Waals surface area contributed by atoms with Gasteiger partial charge in [0, 0.05) is 12.6 Å². The molecule has 0 radical (unpaired) electrons. The molecule has 0 aromatic heterocycles. The molecule has 0 fully saturated rings. The maximum absolute atomic E-state index is 13.2. The zero-order valence-corrected chi connectivity index (χ0v) is 12.1. The summed E-state index contributed by atoms with van der Waals surface area (Å²) in [5.41, 5.74) is 5.51. The topological polar surface area (TPSA) is 83.6 Å². The predicted octanol–water partition coefficient (Wildman–Crippen LogP) is 2.33. The molecule has 7 heteroatoms. The lowest BCUT2D eigenvalue weighted by molar-refractivity contribution is 0.475. The fraction of sp³-hybridized carbons (Fsp3) is 0.143. The lowest BCUT2D eigenvalue weighted by atomic mass is 10.3. The molecule has 0 saturated carbocycles. The zero-order valence-electron chi connectivity index (χ0n) is 11.3. The molecule has 0 spiro atoms. The van der Waals surface area contributed by atoms with Gasteiger partial charge in [0.05, 0.1) is 16.3 Å². The molecule has 112 valence electrons. The first-order valence-corrected chi connectivity index (χ1v) is 7.67. The molecular formula is C14H15FN2O3S. The Morgan fingerprint density at radius 2 is 1.95 bits per heavy atom. The van der Waals surface area contributed by atoms with Crippen LogP contribution in [-0.2, 0) is 10.0 Å². The van der Waals surface area contributed by atoms with Crippen molar-refractivity contribution in [1.29, 1.82) is 0 Å². The molecule has 0 heterocycles. The number of anilines is 2. The van der Waals surface area contributed by atoms with Crippen LogP contribution in [0.3, 0.4) is 0 Å². The highest BCUT2D eigenvalue weighted by Gasteiger charge is 2.24. The Morgan fingerprint density at radius 3 is 2.52 bits per heavy atom. The van der Waals surface area contributed by atoms with Crippen molar-refractivity contribution in [3.63, 3.8) is 0 Å². The van der Waals surface area contributed by atoms with Crippen molar-refractivity contribution < 1.29 is 17.9 Å². The van der Waals surface area contributed by atoms with Crippen molar-refractivity contribution in [3.05, 3.63) is 48.3 Å². The Kier molecular flexibility index (Phi) is 4.04. The minimum Gasteiger partial charge on any atom is -0.508 e. The van der Waals surface area contributed by atoms with E-state index in [9.17, 15) is 17.9 Å². The standard InChI is InChI=1S/C14H15FN2O3S/c1-2-17(10-4-3-5-11(18)8-10)21(19,20)12-6-7-13(15)14(16)9-12/h3-9,18H,2,16H2,1H3. The first-order valence-electron chi connectivity index (χ1n) is 6.23. The van der Waals surface area contributed by atoms with Crippen molar-refractivity contribution in [3.8, 4) is 5.75 Å². The van der Waals surface area contributed by atoms with Crippen LogP contribution in [0.2, 0.25) is 0 Å². The van der Waals surface area contributed by atoms with Gasteiger partial charge in [-0.2, -0.15) is 0 Å². The van der Waals surface area contributed by atoms with Crippen molar-refractivity contribution >= 4 is 21.4 Å². The van der Waals surface area contributed by atoms with E-state index in [1.165, 1.54) is 12.1 Å². The van der Waals surface area contributed by atoms with Gasteiger partial charge in [-0.3, -0.25) is 4.31 Å². The van der Waals surface area contributed by atoms with E-state index in [2.05, 4.69) is 0 Å². The molecule has 0 saturated heterocycles. The lowest BCUT2D eigenvalue weighted by Gasteiger charge is -2.23. The molecule has 2 aromatic carbocycles. The predicted molar refractivity (Wildman–Crippen MR) is 79.1 cm³/mol. The third kappa shape index (κ3) is 2.92. The van der Waals surface area contributed by atoms with Crippen molar-refractivity contribution in [2.75, 3.05) is 16.6 Å². The molecule has 5 nitrogen and oxygen atoms in total. The molecule has 21 heavy (non-hydrogen) atoms. The van der Waals surface area contributed by atoms with Crippen LogP contribution in [0.1, 0.15) is 6.92 Å². The third-order valence-corrected chi connectivity index (χ3v) is 4.86. The van der Waals surface area contributed by atoms with E-state index < -0.39 is 15.8 Å². The largest absolute Gasteiger partial charge is 0.508 e. The first-order chi connectivity index (χ1) is 9.86. The molecule has 2 aromatic rings. The van der Waals surface area contributed by atoms with E-state index in [-0.39, 0.29) is 22.9 Å². The number of nitrogens with two attached hydrogens (primary N) is 1. The molecular weight excluding hydrogens is 295 g/mol. The normalized spacial score (nSPS) is 11.3. The Hall–Kier alpha value is -2.28. The second-order valence-electron chi connectivity index (χ2n) is 4.37. The van der Waals surface area contributed by atoms with Gasteiger partial charge in [-0.05, 0) is 37.3 Å². The van der Waals surface area contributed by atoms with E-state index in [4.69, 9.17) is 5.73 Å². The first kappa shape index (κ1) is 15.1. The minimum atomic E-state index is -3.88. The van der Waals surface area contributed by atoms with Crippen LogP contribution in [0, 0.1) is 5.82 Å². The zero-order chi connectivity index (χ0) is 15.6. The highest BCUT2D eigenvalue weighted by atomic mass is 32.2. The highest BCUT2D eigenvalue weighted by Crippen LogP contribution is 2.27. The minimum absolute atomic E-state index is 0.0419. The molecule has 3 N–H and O–H groups in total. The van der Waals surface area contributed by atoms with Crippen LogP contribution < -0.4 is 10.0 Å². The average Bonchev–Trinajstić information content (AvgIpc) is 2.42. The number of sulfonamides is 1. The number of halogens is 1. The second-order valence-corrected chi connectivity index (χ2v) is 6.24. The maximum Gasteiger partial charge on any atom is 0.264 e. The van der Waals surface area contributed by atoms with Crippen LogP contribution in [0.15, 0.2) is 47.4 Å². The number of rotatable bonds is 4. The number of nitrogens with zero attached hydrogens (tertiary/aromatic N) is 1. The molecule has 0 bridgehead atoms. The summed E-state index contributed by atoms with van der Waals surface area (Å²) in [5, 5.41) is 9.48. The Bertz CT molecular complexity index is 763. The number of benzene rings is 2. The van der Waals surface area contributed by atoms with Crippen molar-refractivity contribution in [2.24, 2.45) is 0 Å². The van der Waals surface area contributed by atoms with Gasteiger partial charge >= 0.3 is 0 Å². The lowest BCUT2D eigenvalue weighted by Crippen LogP contribution is -2.30. The molecule has 0 unspecified atom stereocenters. The van der Waals surface area contributed by atoms with Crippen LogP contribution in [0.5, 0.6) is 5.75 Å². The number of phenolic OH excluding ortho intramolecular Hbond substituents is 1. The summed E-state index contributed by atoms with van der Waals surface area (Å²) in [5.74, 6) is -0.714. The summed E-state index contributed by atoms with van der Waals surface area (Å²) < 4.78 is 39.5. The SMILES string of the molecule is CCN(c1cccc(O)c1)S(=O)(=O)c1ccc(F)c(N)c1. The molecule has 0 aliphatic carbocycles. The summed E-state index contributed by atoms with van der Waals surface area (Å²) >= 11 is 0. The molecule has 0 aliphatic heterocycles. The van der Waals surface area contributed by atoms with Gasteiger partial charge in [0.1, 0.15) is 11.6 Å². The number of hydrogen-bond donors (Lipinski definition) is 2. The Labute approximate surface area is 122 Å². The van der Waals surface area contributed by atoms with E-state index in [0.717, 1.165) is 22.5 Å². The van der Waals surface area contributed by atoms with Crippen LogP contribution in [0.25, 0.3) is 0 Å². The fourth-order valence-corrected chi connectivity index (χ4v) is 3.45. The monoisotopic (exact) mass is 310 g/mol. The number of phenols is 1. The Morgan fingerprint density at radius 1 is 1.24 bits per heavy atom.